The highest BCUT2D eigenvalue weighted by Gasteiger charge is 2.23. The average molecular weight is 309 g/mol. The van der Waals surface area contributed by atoms with Gasteiger partial charge in [-0.25, -0.2) is 0 Å². The van der Waals surface area contributed by atoms with Crippen LogP contribution in [0.15, 0.2) is 0 Å². The van der Waals surface area contributed by atoms with Gasteiger partial charge in [-0.1, -0.05) is 0 Å². The zero-order valence-corrected chi connectivity index (χ0v) is 12.9. The Morgan fingerprint density at radius 2 is 1.30 bits per heavy atom. The molecule has 2 saturated carbocycles. The fourth-order valence-electron chi connectivity index (χ4n) is 2.74. The summed E-state index contributed by atoms with van der Waals surface area (Å²) < 4.78 is 0. The minimum Gasteiger partial charge on any atom is -0.481 e. The van der Waals surface area contributed by atoms with Crippen molar-refractivity contribution in [1.29, 1.82) is 0 Å². The lowest BCUT2D eigenvalue weighted by molar-refractivity contribution is -0.142. The summed E-state index contributed by atoms with van der Waals surface area (Å²) in [6.45, 7) is 0.354. The third-order valence-electron chi connectivity index (χ3n) is 4.27. The molecule has 0 aromatic carbocycles. The minimum atomic E-state index is -0.660. The Kier molecular flexibility index (Phi) is 10.2. The van der Waals surface area contributed by atoms with E-state index in [0.717, 1.165) is 51.4 Å². The summed E-state index contributed by atoms with van der Waals surface area (Å²) in [5.41, 5.74) is 11.3. The van der Waals surface area contributed by atoms with Crippen molar-refractivity contribution in [3.63, 3.8) is 0 Å². The number of halogens is 1. The van der Waals surface area contributed by atoms with Crippen molar-refractivity contribution in [2.45, 2.75) is 63.5 Å². The topological polar surface area (TPSA) is 110 Å². The second-order valence-corrected chi connectivity index (χ2v) is 5.91. The lowest BCUT2D eigenvalue weighted by Crippen LogP contribution is -2.29. The summed E-state index contributed by atoms with van der Waals surface area (Å²) in [7, 11) is 0. The van der Waals surface area contributed by atoms with Crippen LogP contribution in [0.1, 0.15) is 51.4 Å². The van der Waals surface area contributed by atoms with Gasteiger partial charge in [-0.05, 0) is 57.3 Å². The molecule has 120 valence electrons. The first-order chi connectivity index (χ1) is 9.02. The number of carboxylic acids is 1. The molecule has 0 aromatic heterocycles. The van der Waals surface area contributed by atoms with Crippen LogP contribution >= 0.6 is 12.4 Å². The SMILES string of the molecule is Cl.NC1CCC(C(=O)O)CC1.NC1CCC(CO)CC1. The van der Waals surface area contributed by atoms with Gasteiger partial charge in [0.15, 0.2) is 0 Å². The molecule has 0 saturated heterocycles. The van der Waals surface area contributed by atoms with Gasteiger partial charge in [0.1, 0.15) is 0 Å². The van der Waals surface area contributed by atoms with Gasteiger partial charge in [-0.2, -0.15) is 0 Å². The van der Waals surface area contributed by atoms with E-state index < -0.39 is 5.97 Å². The number of aliphatic carboxylic acids is 1. The zero-order valence-electron chi connectivity index (χ0n) is 12.0. The second-order valence-electron chi connectivity index (χ2n) is 5.91. The van der Waals surface area contributed by atoms with Crippen LogP contribution in [0.3, 0.4) is 0 Å². The molecule has 2 aliphatic rings. The van der Waals surface area contributed by atoms with Gasteiger partial charge in [0.2, 0.25) is 0 Å². The molecule has 0 amide bonds. The molecule has 0 aliphatic heterocycles. The lowest BCUT2D eigenvalue weighted by atomic mass is 9.87. The Labute approximate surface area is 127 Å². The Bertz CT molecular complexity index is 263. The molecule has 0 bridgehead atoms. The molecule has 0 unspecified atom stereocenters. The Hall–Kier alpha value is -0.360. The molecular formula is C14H29ClN2O3. The fourth-order valence-corrected chi connectivity index (χ4v) is 2.74. The van der Waals surface area contributed by atoms with Crippen LogP contribution in [0.2, 0.25) is 0 Å². The molecule has 0 spiro atoms. The molecule has 2 rings (SSSR count). The van der Waals surface area contributed by atoms with Crippen molar-refractivity contribution in [2.24, 2.45) is 23.3 Å². The first kappa shape index (κ1) is 19.6. The predicted molar refractivity (Wildman–Crippen MR) is 81.8 cm³/mol. The summed E-state index contributed by atoms with van der Waals surface area (Å²) in [4.78, 5) is 10.4. The van der Waals surface area contributed by atoms with Gasteiger partial charge in [-0.15, -0.1) is 12.4 Å². The van der Waals surface area contributed by atoms with E-state index in [9.17, 15) is 4.79 Å². The Morgan fingerprint density at radius 3 is 1.65 bits per heavy atom. The molecule has 6 N–H and O–H groups in total. The standard InChI is InChI=1S/C7H13NO2.C7H15NO.ClH/c8-6-3-1-5(2-4-6)7(9)10;8-7-3-1-6(5-9)2-4-7;/h5-6H,1-4,8H2,(H,9,10);6-7,9H,1-5,8H2;1H. The van der Waals surface area contributed by atoms with Crippen LogP contribution in [0.5, 0.6) is 0 Å². The number of carboxylic acid groups (broad SMARTS) is 1. The third-order valence-corrected chi connectivity index (χ3v) is 4.27. The smallest absolute Gasteiger partial charge is 0.306 e. The summed E-state index contributed by atoms with van der Waals surface area (Å²) in [6, 6.07) is 0.656. The highest BCUT2D eigenvalue weighted by Crippen LogP contribution is 2.23. The van der Waals surface area contributed by atoms with Crippen molar-refractivity contribution >= 4 is 18.4 Å². The maximum Gasteiger partial charge on any atom is 0.306 e. The Morgan fingerprint density at radius 1 is 0.900 bits per heavy atom. The summed E-state index contributed by atoms with van der Waals surface area (Å²) in [6.07, 6.45) is 7.72. The number of carbonyl (C=O) groups is 1. The van der Waals surface area contributed by atoms with E-state index >= 15 is 0 Å². The summed E-state index contributed by atoms with van der Waals surface area (Å²) >= 11 is 0. The van der Waals surface area contributed by atoms with Crippen LogP contribution in [0, 0.1) is 11.8 Å². The number of rotatable bonds is 2. The second kappa shape index (κ2) is 10.4. The highest BCUT2D eigenvalue weighted by molar-refractivity contribution is 5.85. The largest absolute Gasteiger partial charge is 0.481 e. The van der Waals surface area contributed by atoms with E-state index in [1.54, 1.807) is 0 Å². The molecule has 0 heterocycles. The monoisotopic (exact) mass is 308 g/mol. The number of aliphatic hydroxyl groups is 1. The van der Waals surface area contributed by atoms with E-state index in [-0.39, 0.29) is 24.4 Å². The molecule has 5 nitrogen and oxygen atoms in total. The molecule has 2 aliphatic carbocycles. The van der Waals surface area contributed by atoms with E-state index in [4.69, 9.17) is 21.7 Å². The first-order valence-corrected chi connectivity index (χ1v) is 7.37. The average Bonchev–Trinajstić information content (AvgIpc) is 2.41. The van der Waals surface area contributed by atoms with Gasteiger partial charge in [0, 0.05) is 18.7 Å². The van der Waals surface area contributed by atoms with Crippen molar-refractivity contribution < 1.29 is 15.0 Å². The normalized spacial score (nSPS) is 33.4. The van der Waals surface area contributed by atoms with E-state index in [0.29, 0.717) is 18.6 Å². The number of hydrogen-bond acceptors (Lipinski definition) is 4. The van der Waals surface area contributed by atoms with E-state index in [2.05, 4.69) is 0 Å². The van der Waals surface area contributed by atoms with Crippen molar-refractivity contribution in [3.8, 4) is 0 Å². The van der Waals surface area contributed by atoms with Gasteiger partial charge < -0.3 is 21.7 Å². The molecule has 0 atom stereocenters. The zero-order chi connectivity index (χ0) is 14.3. The maximum absolute atomic E-state index is 10.4. The molecule has 20 heavy (non-hydrogen) atoms. The molecule has 2 fully saturated rings. The number of nitrogens with two attached hydrogens (primary N) is 2. The molecule has 0 radical (unpaired) electrons. The van der Waals surface area contributed by atoms with Crippen LogP contribution in [-0.4, -0.2) is 34.9 Å². The van der Waals surface area contributed by atoms with Gasteiger partial charge >= 0.3 is 5.97 Å². The minimum absolute atomic E-state index is 0. The molecular weight excluding hydrogens is 280 g/mol. The predicted octanol–water partition coefficient (Wildman–Crippen LogP) is 1.51. The molecule has 0 aromatic rings. The van der Waals surface area contributed by atoms with Crippen LogP contribution in [-0.2, 0) is 4.79 Å². The van der Waals surface area contributed by atoms with Crippen LogP contribution in [0.25, 0.3) is 0 Å². The number of hydrogen-bond donors (Lipinski definition) is 4. The van der Waals surface area contributed by atoms with Crippen LogP contribution in [0.4, 0.5) is 0 Å². The maximum atomic E-state index is 10.4. The van der Waals surface area contributed by atoms with Crippen molar-refractivity contribution in [3.05, 3.63) is 0 Å². The first-order valence-electron chi connectivity index (χ1n) is 7.37. The van der Waals surface area contributed by atoms with Crippen molar-refractivity contribution in [2.75, 3.05) is 6.61 Å². The third kappa shape index (κ3) is 7.43. The van der Waals surface area contributed by atoms with Crippen LogP contribution < -0.4 is 11.5 Å². The van der Waals surface area contributed by atoms with Gasteiger partial charge in [0.05, 0.1) is 5.92 Å². The van der Waals surface area contributed by atoms with Crippen molar-refractivity contribution in [1.82, 2.24) is 0 Å². The summed E-state index contributed by atoms with van der Waals surface area (Å²) in [5.74, 6) is -0.239. The van der Waals surface area contributed by atoms with Gasteiger partial charge in [-0.3, -0.25) is 4.79 Å². The lowest BCUT2D eigenvalue weighted by Gasteiger charge is -2.23. The van der Waals surface area contributed by atoms with E-state index in [1.807, 2.05) is 0 Å². The summed E-state index contributed by atoms with van der Waals surface area (Å²) in [5, 5.41) is 17.3. The fraction of sp³-hybridized carbons (Fsp3) is 0.929. The number of aliphatic hydroxyl groups excluding tert-OH is 1. The van der Waals surface area contributed by atoms with E-state index in [1.165, 1.54) is 0 Å². The van der Waals surface area contributed by atoms with Gasteiger partial charge in [0.25, 0.3) is 0 Å². The Balaban J connectivity index is 0.000000345. The highest BCUT2D eigenvalue weighted by atomic mass is 35.5. The molecule has 6 heteroatoms. The quantitative estimate of drug-likeness (QED) is 0.618.